The largest absolute Gasteiger partial charge is 0.468 e. The van der Waals surface area contributed by atoms with Crippen LogP contribution in [0.3, 0.4) is 0 Å². The van der Waals surface area contributed by atoms with Crippen molar-refractivity contribution < 1.29 is 9.53 Å². The predicted octanol–water partition coefficient (Wildman–Crippen LogP) is -0.136. The zero-order valence-electron chi connectivity index (χ0n) is 5.92. The Morgan fingerprint density at radius 3 is 2.90 bits per heavy atom. The molecule has 0 aromatic heterocycles. The Morgan fingerprint density at radius 2 is 2.50 bits per heavy atom. The summed E-state index contributed by atoms with van der Waals surface area (Å²) in [5.74, 6) is 0.361. The van der Waals surface area contributed by atoms with E-state index in [1.165, 1.54) is 7.11 Å². The van der Waals surface area contributed by atoms with Crippen molar-refractivity contribution in [1.29, 1.82) is 0 Å². The first-order chi connectivity index (χ1) is 4.83. The van der Waals surface area contributed by atoms with Gasteiger partial charge in [-0.2, -0.15) is 0 Å². The molecule has 0 aromatic rings. The molecule has 0 spiro atoms. The molecule has 0 amide bonds. The maximum absolute atomic E-state index is 10.6. The molecule has 58 valence electrons. The highest BCUT2D eigenvalue weighted by molar-refractivity contribution is 8.00. The third-order valence-electron chi connectivity index (χ3n) is 1.41. The summed E-state index contributed by atoms with van der Waals surface area (Å²) in [6.45, 7) is 2.06. The lowest BCUT2D eigenvalue weighted by molar-refractivity contribution is -0.137. The van der Waals surface area contributed by atoms with Crippen LogP contribution in [0.4, 0.5) is 0 Å². The number of thioether (sulfide) groups is 1. The minimum absolute atomic E-state index is 0.128. The zero-order valence-corrected chi connectivity index (χ0v) is 6.74. The van der Waals surface area contributed by atoms with Gasteiger partial charge in [-0.1, -0.05) is 0 Å². The summed E-state index contributed by atoms with van der Waals surface area (Å²) < 4.78 is 4.49. The van der Waals surface area contributed by atoms with Gasteiger partial charge in [-0.25, -0.2) is 0 Å². The van der Waals surface area contributed by atoms with E-state index >= 15 is 0 Å². The first-order valence-electron chi connectivity index (χ1n) is 3.22. The summed E-state index contributed by atoms with van der Waals surface area (Å²) in [6, 6.07) is 0. The Bertz CT molecular complexity index is 125. The number of hydrogen-bond donors (Lipinski definition) is 1. The van der Waals surface area contributed by atoms with E-state index in [-0.39, 0.29) is 5.97 Å². The molecule has 0 saturated carbocycles. The quantitative estimate of drug-likeness (QED) is 0.585. The summed E-state index contributed by atoms with van der Waals surface area (Å²) in [6.07, 6.45) is 0. The second-order valence-corrected chi connectivity index (χ2v) is 3.46. The molecule has 4 heteroatoms. The normalized spacial score (nSPS) is 18.1. The van der Waals surface area contributed by atoms with Crippen molar-refractivity contribution in [1.82, 2.24) is 5.32 Å². The number of esters is 1. The molecule has 1 fully saturated rings. The predicted molar refractivity (Wildman–Crippen MR) is 41.1 cm³/mol. The number of hydrogen-bond acceptors (Lipinski definition) is 4. The third kappa shape index (κ3) is 2.19. The number of nitrogens with one attached hydrogen (secondary N) is 1. The van der Waals surface area contributed by atoms with Gasteiger partial charge in [0.25, 0.3) is 0 Å². The average Bonchev–Trinajstić information content (AvgIpc) is 1.84. The Labute approximate surface area is 64.5 Å². The van der Waals surface area contributed by atoms with Crippen molar-refractivity contribution in [3.8, 4) is 0 Å². The van der Waals surface area contributed by atoms with E-state index in [0.717, 1.165) is 13.1 Å². The van der Waals surface area contributed by atoms with Crippen LogP contribution in [-0.4, -0.2) is 37.2 Å². The number of ether oxygens (including phenoxy) is 1. The molecule has 1 heterocycles. The monoisotopic (exact) mass is 161 g/mol. The highest BCUT2D eigenvalue weighted by atomic mass is 32.2. The molecular weight excluding hydrogens is 150 g/mol. The van der Waals surface area contributed by atoms with Crippen molar-refractivity contribution in [3.63, 3.8) is 0 Å². The van der Waals surface area contributed by atoms with Crippen LogP contribution in [-0.2, 0) is 9.53 Å². The van der Waals surface area contributed by atoms with E-state index in [9.17, 15) is 4.79 Å². The van der Waals surface area contributed by atoms with Gasteiger partial charge in [0.1, 0.15) is 0 Å². The molecule has 0 unspecified atom stereocenters. The van der Waals surface area contributed by atoms with E-state index in [4.69, 9.17) is 0 Å². The Morgan fingerprint density at radius 1 is 1.80 bits per heavy atom. The van der Waals surface area contributed by atoms with Gasteiger partial charge in [-0.15, -0.1) is 11.8 Å². The molecule has 1 aliphatic heterocycles. The van der Waals surface area contributed by atoms with Gasteiger partial charge >= 0.3 is 5.97 Å². The van der Waals surface area contributed by atoms with Crippen LogP contribution in [0, 0.1) is 0 Å². The average molecular weight is 161 g/mol. The molecule has 3 nitrogen and oxygen atoms in total. The summed E-state index contributed by atoms with van der Waals surface area (Å²) in [5.41, 5.74) is 0. The van der Waals surface area contributed by atoms with Crippen molar-refractivity contribution >= 4 is 17.7 Å². The van der Waals surface area contributed by atoms with E-state index in [1.807, 2.05) is 0 Å². The first kappa shape index (κ1) is 7.88. The van der Waals surface area contributed by atoms with Crippen LogP contribution in [0.15, 0.2) is 0 Å². The molecule has 0 bridgehead atoms. The Hall–Kier alpha value is -0.220. The van der Waals surface area contributed by atoms with Crippen LogP contribution in [0.2, 0.25) is 0 Å². The summed E-state index contributed by atoms with van der Waals surface area (Å²) in [7, 11) is 1.42. The van der Waals surface area contributed by atoms with Gasteiger partial charge in [-0.3, -0.25) is 4.79 Å². The highest BCUT2D eigenvalue weighted by Gasteiger charge is 2.17. The van der Waals surface area contributed by atoms with E-state index in [2.05, 4.69) is 10.1 Å². The molecule has 0 aliphatic carbocycles. The van der Waals surface area contributed by atoms with Crippen molar-refractivity contribution in [2.75, 3.05) is 26.0 Å². The highest BCUT2D eigenvalue weighted by Crippen LogP contribution is 2.14. The van der Waals surface area contributed by atoms with Crippen LogP contribution >= 0.6 is 11.8 Å². The molecule has 0 atom stereocenters. The number of carbonyl (C=O) groups is 1. The van der Waals surface area contributed by atoms with E-state index < -0.39 is 0 Å². The second-order valence-electron chi connectivity index (χ2n) is 2.17. The van der Waals surface area contributed by atoms with Crippen LogP contribution in [0.25, 0.3) is 0 Å². The SMILES string of the molecule is COC(=O)CSC1CNC1. The van der Waals surface area contributed by atoms with E-state index in [1.54, 1.807) is 11.8 Å². The topological polar surface area (TPSA) is 38.3 Å². The summed E-state index contributed by atoms with van der Waals surface area (Å²) in [5, 5.41) is 3.75. The van der Waals surface area contributed by atoms with Crippen LogP contribution in [0.1, 0.15) is 0 Å². The lowest BCUT2D eigenvalue weighted by Crippen LogP contribution is -2.45. The van der Waals surface area contributed by atoms with Crippen molar-refractivity contribution in [2.45, 2.75) is 5.25 Å². The van der Waals surface area contributed by atoms with Crippen molar-refractivity contribution in [3.05, 3.63) is 0 Å². The minimum atomic E-state index is -0.128. The molecule has 0 aromatic carbocycles. The van der Waals surface area contributed by atoms with Crippen molar-refractivity contribution in [2.24, 2.45) is 0 Å². The van der Waals surface area contributed by atoms with Gasteiger partial charge in [0, 0.05) is 18.3 Å². The molecule has 1 saturated heterocycles. The minimum Gasteiger partial charge on any atom is -0.468 e. The van der Waals surface area contributed by atoms with Crippen LogP contribution < -0.4 is 5.32 Å². The van der Waals surface area contributed by atoms with Gasteiger partial charge in [0.15, 0.2) is 0 Å². The maximum atomic E-state index is 10.6. The molecule has 1 rings (SSSR count). The molecule has 0 radical (unpaired) electrons. The number of methoxy groups -OCH3 is 1. The number of carbonyl (C=O) groups excluding carboxylic acids is 1. The zero-order chi connectivity index (χ0) is 7.40. The fourth-order valence-corrected chi connectivity index (χ4v) is 1.59. The van der Waals surface area contributed by atoms with Crippen LogP contribution in [0.5, 0.6) is 0 Å². The Balaban J connectivity index is 1.98. The molecular formula is C6H11NO2S. The lowest BCUT2D eigenvalue weighted by Gasteiger charge is -2.25. The number of rotatable bonds is 3. The standard InChI is InChI=1S/C6H11NO2S/c1-9-6(8)4-10-5-2-7-3-5/h5,7H,2-4H2,1H3. The first-order valence-corrected chi connectivity index (χ1v) is 4.27. The lowest BCUT2D eigenvalue weighted by atomic mass is 10.3. The van der Waals surface area contributed by atoms with E-state index in [0.29, 0.717) is 11.0 Å². The van der Waals surface area contributed by atoms with Gasteiger partial charge in [0.2, 0.25) is 0 Å². The third-order valence-corrected chi connectivity index (χ3v) is 2.62. The fraction of sp³-hybridized carbons (Fsp3) is 0.833. The molecule has 1 aliphatic rings. The van der Waals surface area contributed by atoms with Gasteiger partial charge in [-0.05, 0) is 0 Å². The summed E-state index contributed by atoms with van der Waals surface area (Å²) >= 11 is 1.66. The second kappa shape index (κ2) is 3.83. The molecule has 1 N–H and O–H groups in total. The van der Waals surface area contributed by atoms with Gasteiger partial charge < -0.3 is 10.1 Å². The maximum Gasteiger partial charge on any atom is 0.315 e. The Kier molecular flexibility index (Phi) is 3.02. The fourth-order valence-electron chi connectivity index (χ4n) is 0.625. The summed E-state index contributed by atoms with van der Waals surface area (Å²) in [4.78, 5) is 10.6. The smallest absolute Gasteiger partial charge is 0.315 e. The van der Waals surface area contributed by atoms with Gasteiger partial charge in [0.05, 0.1) is 12.9 Å². The molecule has 10 heavy (non-hydrogen) atoms.